The molecular formula is C24H36N4O. The second-order valence-corrected chi connectivity index (χ2v) is 8.45. The van der Waals surface area contributed by atoms with Gasteiger partial charge in [-0.1, -0.05) is 43.7 Å². The zero-order chi connectivity index (χ0) is 20.5. The Labute approximate surface area is 175 Å². The first-order valence-corrected chi connectivity index (χ1v) is 11.2. The van der Waals surface area contributed by atoms with Crippen LogP contribution >= 0.6 is 0 Å². The summed E-state index contributed by atoms with van der Waals surface area (Å²) >= 11 is 0. The highest BCUT2D eigenvalue weighted by Gasteiger charge is 2.21. The third-order valence-corrected chi connectivity index (χ3v) is 6.00. The van der Waals surface area contributed by atoms with Gasteiger partial charge in [-0.3, -0.25) is 9.69 Å². The molecule has 5 heteroatoms. The Balaban J connectivity index is 1.34. The van der Waals surface area contributed by atoms with Gasteiger partial charge in [-0.2, -0.15) is 0 Å². The van der Waals surface area contributed by atoms with E-state index in [2.05, 4.69) is 33.9 Å². The molecule has 1 fully saturated rings. The summed E-state index contributed by atoms with van der Waals surface area (Å²) in [5, 5.41) is 0. The van der Waals surface area contributed by atoms with E-state index in [1.807, 2.05) is 36.3 Å². The first-order valence-electron chi connectivity index (χ1n) is 11.2. The van der Waals surface area contributed by atoms with Crippen molar-refractivity contribution < 1.29 is 4.79 Å². The summed E-state index contributed by atoms with van der Waals surface area (Å²) in [7, 11) is 1.91. The van der Waals surface area contributed by atoms with Gasteiger partial charge in [0.05, 0.1) is 0 Å². The van der Waals surface area contributed by atoms with Gasteiger partial charge in [0.25, 0.3) is 0 Å². The molecule has 1 amide bonds. The van der Waals surface area contributed by atoms with Crippen LogP contribution < -0.4 is 0 Å². The minimum absolute atomic E-state index is 0.258. The second-order valence-electron chi connectivity index (χ2n) is 8.45. The summed E-state index contributed by atoms with van der Waals surface area (Å²) in [6, 6.07) is 10.2. The number of aromatic nitrogens is 2. The molecule has 0 spiro atoms. The van der Waals surface area contributed by atoms with E-state index in [0.29, 0.717) is 18.9 Å². The van der Waals surface area contributed by atoms with E-state index in [1.165, 1.54) is 36.9 Å². The lowest BCUT2D eigenvalue weighted by Gasteiger charge is -2.31. The molecule has 1 aromatic heterocycles. The molecule has 0 atom stereocenters. The van der Waals surface area contributed by atoms with Crippen molar-refractivity contribution in [2.45, 2.75) is 65.0 Å². The van der Waals surface area contributed by atoms with E-state index in [1.54, 1.807) is 0 Å². The molecule has 29 heavy (non-hydrogen) atoms. The van der Waals surface area contributed by atoms with Crippen molar-refractivity contribution in [1.29, 1.82) is 0 Å². The maximum Gasteiger partial charge on any atom is 0.222 e. The lowest BCUT2D eigenvalue weighted by atomic mass is 9.92. The predicted molar refractivity (Wildman–Crippen MR) is 117 cm³/mol. The SMILES string of the molecule is CCCCc1ncc(CN2CCC(CCC(=O)N(C)Cc3ccccc3)CC2)[nH]1. The molecule has 1 aliphatic rings. The largest absolute Gasteiger partial charge is 0.345 e. The quantitative estimate of drug-likeness (QED) is 0.647. The number of piperidine rings is 1. The standard InChI is InChI=1S/C24H36N4O/c1-3-4-10-23-25-17-22(26-23)19-28-15-13-20(14-16-28)11-12-24(29)27(2)18-21-8-6-5-7-9-21/h5-9,17,20H,3-4,10-16,18-19H2,1-2H3,(H,25,26). The fourth-order valence-corrected chi connectivity index (χ4v) is 4.10. The molecule has 0 bridgehead atoms. The Morgan fingerprint density at radius 3 is 2.72 bits per heavy atom. The zero-order valence-corrected chi connectivity index (χ0v) is 18.1. The molecule has 2 aromatic rings. The molecule has 0 radical (unpaired) electrons. The number of hydrogen-bond acceptors (Lipinski definition) is 3. The Hall–Kier alpha value is -2.14. The number of nitrogens with one attached hydrogen (secondary N) is 1. The number of rotatable bonds is 10. The Morgan fingerprint density at radius 2 is 2.00 bits per heavy atom. The zero-order valence-electron chi connectivity index (χ0n) is 18.1. The first kappa shape index (κ1) is 21.6. The lowest BCUT2D eigenvalue weighted by Crippen LogP contribution is -2.34. The predicted octanol–water partition coefficient (Wildman–Crippen LogP) is 4.40. The molecule has 1 N–H and O–H groups in total. The van der Waals surface area contributed by atoms with Crippen LogP contribution in [0.3, 0.4) is 0 Å². The molecule has 5 nitrogen and oxygen atoms in total. The van der Waals surface area contributed by atoms with Crippen LogP contribution in [0.2, 0.25) is 0 Å². The van der Waals surface area contributed by atoms with Crippen molar-refractivity contribution >= 4 is 5.91 Å². The average Bonchev–Trinajstić information content (AvgIpc) is 3.19. The van der Waals surface area contributed by atoms with E-state index >= 15 is 0 Å². The summed E-state index contributed by atoms with van der Waals surface area (Å²) in [6.45, 7) is 6.10. The van der Waals surface area contributed by atoms with Crippen molar-refractivity contribution in [3.8, 4) is 0 Å². The van der Waals surface area contributed by atoms with Crippen LogP contribution in [0.25, 0.3) is 0 Å². The smallest absolute Gasteiger partial charge is 0.222 e. The minimum Gasteiger partial charge on any atom is -0.345 e. The molecule has 0 saturated carbocycles. The summed E-state index contributed by atoms with van der Waals surface area (Å²) in [4.78, 5) is 24.8. The molecule has 0 aliphatic carbocycles. The third kappa shape index (κ3) is 7.00. The fourth-order valence-electron chi connectivity index (χ4n) is 4.10. The van der Waals surface area contributed by atoms with Crippen LogP contribution in [-0.2, 0) is 24.3 Å². The van der Waals surface area contributed by atoms with Gasteiger partial charge >= 0.3 is 0 Å². The monoisotopic (exact) mass is 396 g/mol. The number of unbranched alkanes of at least 4 members (excludes halogenated alkanes) is 1. The van der Waals surface area contributed by atoms with E-state index in [0.717, 1.165) is 38.3 Å². The molecule has 1 saturated heterocycles. The Kier molecular flexibility index (Phi) is 8.29. The minimum atomic E-state index is 0.258. The number of H-pyrrole nitrogens is 1. The number of aromatic amines is 1. The van der Waals surface area contributed by atoms with Gasteiger partial charge in [-0.25, -0.2) is 4.98 Å². The van der Waals surface area contributed by atoms with Crippen molar-refractivity contribution in [3.63, 3.8) is 0 Å². The van der Waals surface area contributed by atoms with Crippen LogP contribution in [0.15, 0.2) is 36.5 Å². The Morgan fingerprint density at radius 1 is 1.24 bits per heavy atom. The van der Waals surface area contributed by atoms with E-state index < -0.39 is 0 Å². The number of imidazole rings is 1. The number of carbonyl (C=O) groups excluding carboxylic acids is 1. The molecule has 1 aliphatic heterocycles. The van der Waals surface area contributed by atoms with Crippen molar-refractivity contribution in [2.75, 3.05) is 20.1 Å². The van der Waals surface area contributed by atoms with Gasteiger partial charge in [-0.05, 0) is 50.3 Å². The van der Waals surface area contributed by atoms with E-state index in [4.69, 9.17) is 0 Å². The topological polar surface area (TPSA) is 52.2 Å². The van der Waals surface area contributed by atoms with Crippen LogP contribution in [0.1, 0.15) is 62.5 Å². The van der Waals surface area contributed by atoms with Gasteiger partial charge in [0.2, 0.25) is 5.91 Å². The summed E-state index contributed by atoms with van der Waals surface area (Å²) in [5.74, 6) is 2.05. The number of nitrogens with zero attached hydrogens (tertiary/aromatic N) is 3. The number of benzene rings is 1. The highest BCUT2D eigenvalue weighted by Crippen LogP contribution is 2.23. The van der Waals surface area contributed by atoms with Gasteiger partial charge in [-0.15, -0.1) is 0 Å². The summed E-state index contributed by atoms with van der Waals surface area (Å²) in [6.07, 6.45) is 9.49. The lowest BCUT2D eigenvalue weighted by molar-refractivity contribution is -0.130. The highest BCUT2D eigenvalue weighted by molar-refractivity contribution is 5.75. The van der Waals surface area contributed by atoms with Crippen LogP contribution in [0.5, 0.6) is 0 Å². The molecule has 0 unspecified atom stereocenters. The van der Waals surface area contributed by atoms with E-state index in [-0.39, 0.29) is 5.91 Å². The van der Waals surface area contributed by atoms with E-state index in [9.17, 15) is 4.79 Å². The number of aryl methyl sites for hydroxylation is 1. The molecule has 1 aromatic carbocycles. The molecular weight excluding hydrogens is 360 g/mol. The highest BCUT2D eigenvalue weighted by atomic mass is 16.2. The van der Waals surface area contributed by atoms with Crippen molar-refractivity contribution in [2.24, 2.45) is 5.92 Å². The maximum atomic E-state index is 12.5. The molecule has 158 valence electrons. The first-order chi connectivity index (χ1) is 14.1. The summed E-state index contributed by atoms with van der Waals surface area (Å²) in [5.41, 5.74) is 2.42. The number of hydrogen-bond donors (Lipinski definition) is 1. The number of likely N-dealkylation sites (tertiary alicyclic amines) is 1. The molecule has 3 rings (SSSR count). The van der Waals surface area contributed by atoms with Crippen molar-refractivity contribution in [1.82, 2.24) is 19.8 Å². The third-order valence-electron chi connectivity index (χ3n) is 6.00. The normalized spacial score (nSPS) is 15.5. The van der Waals surface area contributed by atoms with Crippen LogP contribution in [0, 0.1) is 5.92 Å². The van der Waals surface area contributed by atoms with Gasteiger partial charge < -0.3 is 9.88 Å². The van der Waals surface area contributed by atoms with Crippen LogP contribution in [0.4, 0.5) is 0 Å². The van der Waals surface area contributed by atoms with Gasteiger partial charge in [0.1, 0.15) is 5.82 Å². The summed E-state index contributed by atoms with van der Waals surface area (Å²) < 4.78 is 0. The van der Waals surface area contributed by atoms with Gasteiger partial charge in [0.15, 0.2) is 0 Å². The fraction of sp³-hybridized carbons (Fsp3) is 0.583. The average molecular weight is 397 g/mol. The second kappa shape index (κ2) is 11.1. The maximum absolute atomic E-state index is 12.5. The Bertz CT molecular complexity index is 734. The number of amides is 1. The van der Waals surface area contributed by atoms with Gasteiger partial charge in [0, 0.05) is 44.9 Å². The molecule has 2 heterocycles. The van der Waals surface area contributed by atoms with Crippen molar-refractivity contribution in [3.05, 3.63) is 53.6 Å². The van der Waals surface area contributed by atoms with Crippen LogP contribution in [-0.4, -0.2) is 45.8 Å². The number of carbonyl (C=O) groups is 1.